The molecule has 0 aliphatic carbocycles. The van der Waals surface area contributed by atoms with Crippen molar-refractivity contribution in [3.63, 3.8) is 0 Å². The van der Waals surface area contributed by atoms with Gasteiger partial charge in [0, 0.05) is 10.6 Å². The molecule has 2 aromatic rings. The Balaban J connectivity index is 1.74. The number of carbonyl (C=O) groups is 1. The third-order valence-corrected chi connectivity index (χ3v) is 6.43. The van der Waals surface area contributed by atoms with E-state index in [1.807, 2.05) is 0 Å². The molecule has 2 heterocycles. The number of aromatic nitrogens is 2. The average Bonchev–Trinajstić information content (AvgIpc) is 3.07. The van der Waals surface area contributed by atoms with Crippen LogP contribution in [-0.4, -0.2) is 41.8 Å². The van der Waals surface area contributed by atoms with Crippen LogP contribution in [0.5, 0.6) is 0 Å². The van der Waals surface area contributed by atoms with Crippen molar-refractivity contribution in [3.8, 4) is 0 Å². The molecular formula is C16H16Cl2N4O3S. The zero-order chi connectivity index (χ0) is 18.9. The number of halogens is 2. The minimum atomic E-state index is -3.05. The fourth-order valence-electron chi connectivity index (χ4n) is 2.74. The maximum absolute atomic E-state index is 12.0. The van der Waals surface area contributed by atoms with E-state index in [4.69, 9.17) is 23.2 Å². The maximum Gasteiger partial charge on any atom is 0.271 e. The van der Waals surface area contributed by atoms with Crippen molar-refractivity contribution in [1.82, 2.24) is 15.2 Å². The van der Waals surface area contributed by atoms with Crippen molar-refractivity contribution in [1.29, 1.82) is 0 Å². The van der Waals surface area contributed by atoms with Gasteiger partial charge in [0.15, 0.2) is 9.84 Å². The Bertz CT molecular complexity index is 985. The number of benzene rings is 1. The summed E-state index contributed by atoms with van der Waals surface area (Å²) < 4.78 is 24.8. The number of hydrogen-bond donors (Lipinski definition) is 1. The molecule has 138 valence electrons. The van der Waals surface area contributed by atoms with Gasteiger partial charge in [0.05, 0.1) is 35.0 Å². The van der Waals surface area contributed by atoms with E-state index in [9.17, 15) is 13.2 Å². The Labute approximate surface area is 160 Å². The van der Waals surface area contributed by atoms with E-state index in [2.05, 4.69) is 15.6 Å². The Hall–Kier alpha value is -1.90. The number of sulfone groups is 1. The molecule has 1 aromatic heterocycles. The SMILES string of the molecule is Cc1nn([C@H]2CCS(=O)(=O)C2)c(Cl)c1/C=N\NC(=O)c1cccc(Cl)c1. The number of nitrogens with zero attached hydrogens (tertiary/aromatic N) is 3. The molecule has 7 nitrogen and oxygen atoms in total. The summed E-state index contributed by atoms with van der Waals surface area (Å²) in [4.78, 5) is 12.0. The van der Waals surface area contributed by atoms with Crippen LogP contribution in [0, 0.1) is 6.92 Å². The van der Waals surface area contributed by atoms with Crippen LogP contribution in [0.4, 0.5) is 0 Å². The molecule has 1 saturated heterocycles. The first-order chi connectivity index (χ1) is 12.3. The molecule has 1 aliphatic rings. The molecule has 0 radical (unpaired) electrons. The Morgan fingerprint density at radius 3 is 2.85 bits per heavy atom. The zero-order valence-corrected chi connectivity index (χ0v) is 16.1. The fraction of sp³-hybridized carbons (Fsp3) is 0.312. The van der Waals surface area contributed by atoms with Crippen LogP contribution in [0.25, 0.3) is 0 Å². The molecule has 0 unspecified atom stereocenters. The van der Waals surface area contributed by atoms with Gasteiger partial charge in [0.1, 0.15) is 5.15 Å². The van der Waals surface area contributed by atoms with Gasteiger partial charge in [-0.2, -0.15) is 10.2 Å². The highest BCUT2D eigenvalue weighted by molar-refractivity contribution is 7.91. The minimum Gasteiger partial charge on any atom is -0.267 e. The van der Waals surface area contributed by atoms with Crippen LogP contribution < -0.4 is 5.43 Å². The molecule has 1 amide bonds. The van der Waals surface area contributed by atoms with Crippen molar-refractivity contribution in [2.45, 2.75) is 19.4 Å². The average molecular weight is 415 g/mol. The highest BCUT2D eigenvalue weighted by Crippen LogP contribution is 2.29. The highest BCUT2D eigenvalue weighted by atomic mass is 35.5. The Morgan fingerprint density at radius 1 is 1.42 bits per heavy atom. The van der Waals surface area contributed by atoms with E-state index in [0.717, 1.165) is 0 Å². The molecule has 3 rings (SSSR count). The molecule has 10 heteroatoms. The van der Waals surface area contributed by atoms with Gasteiger partial charge < -0.3 is 0 Å². The normalized spacial score (nSPS) is 19.1. The summed E-state index contributed by atoms with van der Waals surface area (Å²) in [6.45, 7) is 1.74. The predicted octanol–water partition coefficient (Wildman–Crippen LogP) is 2.62. The zero-order valence-electron chi connectivity index (χ0n) is 13.8. The molecule has 1 fully saturated rings. The van der Waals surface area contributed by atoms with Crippen LogP contribution >= 0.6 is 23.2 Å². The van der Waals surface area contributed by atoms with Crippen LogP contribution in [0.15, 0.2) is 29.4 Å². The predicted molar refractivity (Wildman–Crippen MR) is 101 cm³/mol. The number of nitrogens with one attached hydrogen (secondary N) is 1. The topological polar surface area (TPSA) is 93.4 Å². The lowest BCUT2D eigenvalue weighted by molar-refractivity contribution is 0.0955. The fourth-order valence-corrected chi connectivity index (χ4v) is 4.98. The number of hydrazone groups is 1. The van der Waals surface area contributed by atoms with Gasteiger partial charge in [-0.15, -0.1) is 0 Å². The summed E-state index contributed by atoms with van der Waals surface area (Å²) in [6, 6.07) is 6.20. The van der Waals surface area contributed by atoms with Crippen molar-refractivity contribution < 1.29 is 13.2 Å². The summed E-state index contributed by atoms with van der Waals surface area (Å²) in [6.07, 6.45) is 1.87. The van der Waals surface area contributed by atoms with Crippen LogP contribution in [0.2, 0.25) is 10.2 Å². The van der Waals surface area contributed by atoms with E-state index in [0.29, 0.717) is 33.4 Å². The third-order valence-electron chi connectivity index (χ3n) is 4.07. The lowest BCUT2D eigenvalue weighted by Gasteiger charge is -2.09. The third kappa shape index (κ3) is 4.08. The summed E-state index contributed by atoms with van der Waals surface area (Å²) in [5, 5.41) is 8.99. The van der Waals surface area contributed by atoms with Crippen molar-refractivity contribution in [2.24, 2.45) is 5.10 Å². The summed E-state index contributed by atoms with van der Waals surface area (Å²) in [5.74, 6) is -0.256. The van der Waals surface area contributed by atoms with E-state index in [-0.39, 0.29) is 17.5 Å². The molecule has 0 spiro atoms. The largest absolute Gasteiger partial charge is 0.271 e. The van der Waals surface area contributed by atoms with Crippen molar-refractivity contribution in [2.75, 3.05) is 11.5 Å². The Morgan fingerprint density at radius 2 is 2.19 bits per heavy atom. The monoisotopic (exact) mass is 414 g/mol. The van der Waals surface area contributed by atoms with Gasteiger partial charge in [0.2, 0.25) is 0 Å². The van der Waals surface area contributed by atoms with Gasteiger partial charge in [-0.3, -0.25) is 4.79 Å². The van der Waals surface area contributed by atoms with E-state index in [1.54, 1.807) is 25.1 Å². The van der Waals surface area contributed by atoms with Crippen LogP contribution in [0.1, 0.15) is 34.1 Å². The number of rotatable bonds is 4. The molecule has 1 atom stereocenters. The second kappa shape index (κ2) is 7.38. The molecule has 26 heavy (non-hydrogen) atoms. The molecular weight excluding hydrogens is 399 g/mol. The standard InChI is InChI=1S/C16H16Cl2N4O3S/c1-10-14(8-19-20-16(23)11-3-2-4-12(17)7-11)15(18)22(21-10)13-5-6-26(24,25)9-13/h2-4,7-8,13H,5-6,9H2,1H3,(H,20,23)/b19-8-/t13-/m0/s1. The van der Waals surface area contributed by atoms with E-state index >= 15 is 0 Å². The maximum atomic E-state index is 12.0. The molecule has 1 aliphatic heterocycles. The summed E-state index contributed by atoms with van der Waals surface area (Å²) in [7, 11) is -3.05. The number of amides is 1. The molecule has 1 N–H and O–H groups in total. The van der Waals surface area contributed by atoms with Gasteiger partial charge in [0.25, 0.3) is 5.91 Å². The second-order valence-corrected chi connectivity index (χ2v) is 9.02. The number of aryl methyl sites for hydroxylation is 1. The summed E-state index contributed by atoms with van der Waals surface area (Å²) in [5.41, 5.74) is 3.91. The van der Waals surface area contributed by atoms with Gasteiger partial charge in [-0.25, -0.2) is 18.5 Å². The minimum absolute atomic E-state index is 0.0237. The first-order valence-corrected chi connectivity index (χ1v) is 10.4. The molecule has 0 bridgehead atoms. The quantitative estimate of drug-likeness (QED) is 0.614. The van der Waals surface area contributed by atoms with E-state index in [1.165, 1.54) is 17.0 Å². The lowest BCUT2D eigenvalue weighted by atomic mass is 10.2. The van der Waals surface area contributed by atoms with Crippen molar-refractivity contribution >= 4 is 45.2 Å². The Kier molecular flexibility index (Phi) is 5.36. The number of hydrogen-bond acceptors (Lipinski definition) is 5. The van der Waals surface area contributed by atoms with Gasteiger partial charge in [-0.1, -0.05) is 29.3 Å². The molecule has 1 aromatic carbocycles. The molecule has 0 saturated carbocycles. The van der Waals surface area contributed by atoms with Crippen LogP contribution in [0.3, 0.4) is 0 Å². The highest BCUT2D eigenvalue weighted by Gasteiger charge is 2.31. The smallest absolute Gasteiger partial charge is 0.267 e. The van der Waals surface area contributed by atoms with Crippen LogP contribution in [-0.2, 0) is 9.84 Å². The summed E-state index contributed by atoms with van der Waals surface area (Å²) >= 11 is 12.2. The van der Waals surface area contributed by atoms with Crippen molar-refractivity contribution in [3.05, 3.63) is 51.3 Å². The lowest BCUT2D eigenvalue weighted by Crippen LogP contribution is -2.17. The number of carbonyl (C=O) groups excluding carboxylic acids is 1. The second-order valence-electron chi connectivity index (χ2n) is 6.00. The van der Waals surface area contributed by atoms with Gasteiger partial charge in [-0.05, 0) is 31.5 Å². The first kappa shape index (κ1) is 18.9. The first-order valence-electron chi connectivity index (χ1n) is 7.81. The van der Waals surface area contributed by atoms with E-state index < -0.39 is 15.7 Å². The van der Waals surface area contributed by atoms with Gasteiger partial charge >= 0.3 is 0 Å².